The van der Waals surface area contributed by atoms with Crippen LogP contribution in [0.2, 0.25) is 0 Å². The standard InChI is InChI=1S/C20H29NO6/c1-6-26-16(27-7-2)11-15-17(12(3)22)13-9-8-10-14(13)19(23)18(15)20(24)21(4)25-5/h16,23H,6-11H2,1-5H3. The Bertz CT molecular complexity index is 709. The first-order valence-electron chi connectivity index (χ1n) is 9.33. The molecule has 1 aromatic rings. The van der Waals surface area contributed by atoms with E-state index < -0.39 is 12.2 Å². The third-order valence-electron chi connectivity index (χ3n) is 4.85. The van der Waals surface area contributed by atoms with Crippen LogP contribution >= 0.6 is 0 Å². The van der Waals surface area contributed by atoms with E-state index in [-0.39, 0.29) is 23.5 Å². The fraction of sp³-hybridized carbons (Fsp3) is 0.600. The third-order valence-corrected chi connectivity index (χ3v) is 4.85. The van der Waals surface area contributed by atoms with Crippen molar-refractivity contribution < 1.29 is 29.0 Å². The number of nitrogens with zero attached hydrogens (tertiary/aromatic N) is 1. The first kappa shape index (κ1) is 21.3. The first-order chi connectivity index (χ1) is 12.9. The lowest BCUT2D eigenvalue weighted by molar-refractivity contribution is -0.134. The maximum absolute atomic E-state index is 12.9. The van der Waals surface area contributed by atoms with Crippen LogP contribution < -0.4 is 0 Å². The van der Waals surface area contributed by atoms with Gasteiger partial charge < -0.3 is 14.6 Å². The molecule has 0 bridgehead atoms. The van der Waals surface area contributed by atoms with Crippen LogP contribution in [0.15, 0.2) is 0 Å². The summed E-state index contributed by atoms with van der Waals surface area (Å²) in [6.45, 7) is 6.04. The summed E-state index contributed by atoms with van der Waals surface area (Å²) in [6.07, 6.45) is 1.75. The first-order valence-corrected chi connectivity index (χ1v) is 9.33. The van der Waals surface area contributed by atoms with Crippen LogP contribution in [0.5, 0.6) is 5.75 Å². The van der Waals surface area contributed by atoms with Gasteiger partial charge in [0.05, 0.1) is 12.7 Å². The molecule has 0 radical (unpaired) electrons. The fourth-order valence-electron chi connectivity index (χ4n) is 3.69. The number of amides is 1. The highest BCUT2D eigenvalue weighted by Crippen LogP contribution is 2.40. The molecule has 1 aliphatic rings. The molecule has 1 amide bonds. The Hall–Kier alpha value is -1.96. The summed E-state index contributed by atoms with van der Waals surface area (Å²) in [5, 5.41) is 11.9. The van der Waals surface area contributed by atoms with Crippen LogP contribution in [0.4, 0.5) is 0 Å². The number of carbonyl (C=O) groups is 2. The second kappa shape index (κ2) is 9.30. The summed E-state index contributed by atoms with van der Waals surface area (Å²) in [5.74, 6) is -0.707. The molecule has 0 aromatic heterocycles. The zero-order valence-corrected chi connectivity index (χ0v) is 16.8. The monoisotopic (exact) mass is 379 g/mol. The second-order valence-corrected chi connectivity index (χ2v) is 6.47. The number of ketones is 1. The number of ether oxygens (including phenoxy) is 2. The zero-order valence-electron chi connectivity index (χ0n) is 16.8. The van der Waals surface area contributed by atoms with Crippen LogP contribution in [-0.2, 0) is 33.6 Å². The molecule has 0 saturated carbocycles. The van der Waals surface area contributed by atoms with Gasteiger partial charge in [-0.2, -0.15) is 0 Å². The fourth-order valence-corrected chi connectivity index (χ4v) is 3.69. The predicted molar refractivity (Wildman–Crippen MR) is 100.0 cm³/mol. The smallest absolute Gasteiger partial charge is 0.281 e. The molecule has 1 N–H and O–H groups in total. The normalized spacial score (nSPS) is 13.1. The molecule has 0 fully saturated rings. The summed E-state index contributed by atoms with van der Waals surface area (Å²) >= 11 is 0. The predicted octanol–water partition coefficient (Wildman–Crippen LogP) is 2.66. The van der Waals surface area contributed by atoms with Gasteiger partial charge in [-0.05, 0) is 56.7 Å². The Morgan fingerprint density at radius 3 is 2.22 bits per heavy atom. The van der Waals surface area contributed by atoms with Crippen molar-refractivity contribution in [2.45, 2.75) is 52.7 Å². The van der Waals surface area contributed by atoms with E-state index in [0.29, 0.717) is 42.7 Å². The Morgan fingerprint density at radius 1 is 1.11 bits per heavy atom. The van der Waals surface area contributed by atoms with Gasteiger partial charge in [-0.1, -0.05) is 0 Å². The molecule has 0 saturated heterocycles. The van der Waals surface area contributed by atoms with Crippen molar-refractivity contribution in [2.24, 2.45) is 0 Å². The van der Waals surface area contributed by atoms with Crippen molar-refractivity contribution in [2.75, 3.05) is 27.4 Å². The molecule has 7 nitrogen and oxygen atoms in total. The number of hydrogen-bond donors (Lipinski definition) is 1. The largest absolute Gasteiger partial charge is 0.507 e. The van der Waals surface area contributed by atoms with Crippen LogP contribution in [0.3, 0.4) is 0 Å². The van der Waals surface area contributed by atoms with E-state index in [4.69, 9.17) is 14.3 Å². The average molecular weight is 379 g/mol. The van der Waals surface area contributed by atoms with E-state index in [9.17, 15) is 14.7 Å². The summed E-state index contributed by atoms with van der Waals surface area (Å²) in [5.41, 5.74) is 2.56. The van der Waals surface area contributed by atoms with Gasteiger partial charge in [-0.3, -0.25) is 14.4 Å². The zero-order chi connectivity index (χ0) is 20.1. The number of fused-ring (bicyclic) bond motifs is 1. The van der Waals surface area contributed by atoms with Gasteiger partial charge >= 0.3 is 0 Å². The number of phenolic OH excluding ortho intramolecular Hbond substituents is 1. The van der Waals surface area contributed by atoms with Crippen molar-refractivity contribution >= 4 is 11.7 Å². The molecule has 0 atom stereocenters. The van der Waals surface area contributed by atoms with Gasteiger partial charge in [-0.25, -0.2) is 5.06 Å². The molecular weight excluding hydrogens is 350 g/mol. The van der Waals surface area contributed by atoms with E-state index in [1.54, 1.807) is 0 Å². The number of phenols is 1. The molecule has 27 heavy (non-hydrogen) atoms. The highest BCUT2D eigenvalue weighted by Gasteiger charge is 2.33. The van der Waals surface area contributed by atoms with Gasteiger partial charge in [0.2, 0.25) is 0 Å². The minimum atomic E-state index is -0.614. The van der Waals surface area contributed by atoms with Crippen LogP contribution in [-0.4, -0.2) is 55.5 Å². The average Bonchev–Trinajstić information content (AvgIpc) is 3.10. The van der Waals surface area contributed by atoms with E-state index in [0.717, 1.165) is 17.0 Å². The van der Waals surface area contributed by atoms with E-state index in [2.05, 4.69) is 0 Å². The Balaban J connectivity index is 2.71. The molecule has 1 aliphatic carbocycles. The maximum atomic E-state index is 12.9. The number of hydrogen-bond acceptors (Lipinski definition) is 6. The third kappa shape index (κ3) is 4.31. The van der Waals surface area contributed by atoms with Crippen molar-refractivity contribution in [1.82, 2.24) is 5.06 Å². The Labute approximate surface area is 160 Å². The Kier molecular flexibility index (Phi) is 7.35. The molecule has 0 heterocycles. The van der Waals surface area contributed by atoms with Gasteiger partial charge in [0.15, 0.2) is 12.1 Å². The molecule has 150 valence electrons. The summed E-state index contributed by atoms with van der Waals surface area (Å²) < 4.78 is 11.3. The Morgan fingerprint density at radius 2 is 1.70 bits per heavy atom. The summed E-state index contributed by atoms with van der Waals surface area (Å²) in [4.78, 5) is 30.5. The molecule has 0 unspecified atom stereocenters. The van der Waals surface area contributed by atoms with Crippen molar-refractivity contribution in [1.29, 1.82) is 0 Å². The highest BCUT2D eigenvalue weighted by atomic mass is 16.7. The summed E-state index contributed by atoms with van der Waals surface area (Å²) in [6, 6.07) is 0. The van der Waals surface area contributed by atoms with Crippen LogP contribution in [0.1, 0.15) is 64.6 Å². The molecule has 0 aliphatic heterocycles. The second-order valence-electron chi connectivity index (χ2n) is 6.47. The SMILES string of the molecule is CCOC(Cc1c(C(=O)N(C)OC)c(O)c2c(c1C(C)=O)CCC2)OCC. The number of aromatic hydroxyl groups is 1. The molecular formula is C20H29NO6. The van der Waals surface area contributed by atoms with Gasteiger partial charge in [0.1, 0.15) is 5.75 Å². The van der Waals surface area contributed by atoms with Crippen LogP contribution in [0, 0.1) is 0 Å². The molecule has 1 aromatic carbocycles. The molecule has 7 heteroatoms. The lowest BCUT2D eigenvalue weighted by Crippen LogP contribution is -2.30. The van der Waals surface area contributed by atoms with Gasteiger partial charge in [-0.15, -0.1) is 0 Å². The maximum Gasteiger partial charge on any atom is 0.281 e. The highest BCUT2D eigenvalue weighted by molar-refractivity contribution is 6.05. The number of hydroxylamine groups is 2. The minimum absolute atomic E-state index is 0.0665. The van der Waals surface area contributed by atoms with E-state index in [1.807, 2.05) is 13.8 Å². The van der Waals surface area contributed by atoms with E-state index >= 15 is 0 Å². The topological polar surface area (TPSA) is 85.3 Å². The number of benzene rings is 1. The number of Topliss-reactive ketones (excluding diaryl/α,β-unsaturated/α-hetero) is 1. The number of rotatable bonds is 9. The minimum Gasteiger partial charge on any atom is -0.507 e. The molecule has 2 rings (SSSR count). The lowest BCUT2D eigenvalue weighted by atomic mass is 9.87. The summed E-state index contributed by atoms with van der Waals surface area (Å²) in [7, 11) is 2.84. The lowest BCUT2D eigenvalue weighted by Gasteiger charge is -2.25. The van der Waals surface area contributed by atoms with Crippen molar-refractivity contribution in [3.63, 3.8) is 0 Å². The van der Waals surface area contributed by atoms with Gasteiger partial charge in [0.25, 0.3) is 5.91 Å². The van der Waals surface area contributed by atoms with E-state index in [1.165, 1.54) is 21.1 Å². The molecule has 0 spiro atoms. The quantitative estimate of drug-likeness (QED) is 0.403. The number of carbonyl (C=O) groups excluding carboxylic acids is 2. The van der Waals surface area contributed by atoms with Crippen molar-refractivity contribution in [3.8, 4) is 5.75 Å². The van der Waals surface area contributed by atoms with Crippen molar-refractivity contribution in [3.05, 3.63) is 27.8 Å². The van der Waals surface area contributed by atoms with Gasteiger partial charge in [0, 0.05) is 32.2 Å². The van der Waals surface area contributed by atoms with Crippen LogP contribution in [0.25, 0.3) is 0 Å².